The van der Waals surface area contributed by atoms with Crippen LogP contribution in [-0.4, -0.2) is 42.0 Å². The van der Waals surface area contributed by atoms with Gasteiger partial charge in [0, 0.05) is 41.4 Å². The maximum absolute atomic E-state index is 12.6. The summed E-state index contributed by atoms with van der Waals surface area (Å²) in [7, 11) is 0. The molecule has 1 N–H and O–H groups in total. The molecule has 1 aliphatic heterocycles. The van der Waals surface area contributed by atoms with Gasteiger partial charge in [-0.1, -0.05) is 13.5 Å². The fraction of sp³-hybridized carbons (Fsp3) is 0.154. The molecule has 0 radical (unpaired) electrons. The molecule has 1 amide bonds. The van der Waals surface area contributed by atoms with Gasteiger partial charge in [-0.25, -0.2) is 24.5 Å². The van der Waals surface area contributed by atoms with Gasteiger partial charge in [-0.15, -0.1) is 0 Å². The first-order valence-electron chi connectivity index (χ1n) is 11.4. The summed E-state index contributed by atoms with van der Waals surface area (Å²) < 4.78 is 7.75. The molecule has 10 heteroatoms. The highest BCUT2D eigenvalue weighted by Crippen LogP contribution is 2.32. The van der Waals surface area contributed by atoms with Crippen LogP contribution in [0.2, 0.25) is 0 Å². The van der Waals surface area contributed by atoms with Gasteiger partial charge in [0.2, 0.25) is 0 Å². The Hall–Kier alpha value is -4.86. The first-order valence-corrected chi connectivity index (χ1v) is 11.4. The number of aryl methyl sites for hydroxylation is 1. The number of hydrogen-bond donors (Lipinski definition) is 1. The number of nitrogens with one attached hydrogen (secondary N) is 1. The minimum Gasteiger partial charge on any atom is -0.457 e. The normalized spacial score (nSPS) is 15.7. The fourth-order valence-corrected chi connectivity index (χ4v) is 4.21. The van der Waals surface area contributed by atoms with Crippen molar-refractivity contribution < 1.29 is 9.53 Å². The van der Waals surface area contributed by atoms with Crippen LogP contribution in [0.1, 0.15) is 12.5 Å². The monoisotopic (exact) mass is 478 g/mol. The van der Waals surface area contributed by atoms with Gasteiger partial charge in [-0.2, -0.15) is 5.10 Å². The molecule has 0 saturated carbocycles. The van der Waals surface area contributed by atoms with Crippen molar-refractivity contribution in [3.8, 4) is 11.5 Å². The van der Waals surface area contributed by atoms with E-state index in [0.29, 0.717) is 40.7 Å². The number of nitrogens with zero attached hydrogens (tertiary/aromatic N) is 7. The fourth-order valence-electron chi connectivity index (χ4n) is 4.21. The van der Waals surface area contributed by atoms with Gasteiger partial charge in [0.1, 0.15) is 35.8 Å². The Bertz CT molecular complexity index is 1660. The van der Waals surface area contributed by atoms with Crippen LogP contribution >= 0.6 is 0 Å². The van der Waals surface area contributed by atoms with Gasteiger partial charge >= 0.3 is 0 Å². The van der Waals surface area contributed by atoms with Crippen LogP contribution in [0, 0.1) is 12.8 Å². The lowest BCUT2D eigenvalue weighted by molar-refractivity contribution is -0.114. The maximum Gasteiger partial charge on any atom is 0.255 e. The van der Waals surface area contributed by atoms with Crippen LogP contribution in [0.5, 0.6) is 11.5 Å². The highest BCUT2D eigenvalue weighted by molar-refractivity contribution is 6.08. The Balaban J connectivity index is 1.27. The first-order chi connectivity index (χ1) is 17.5. The molecule has 4 aromatic heterocycles. The molecule has 5 aromatic rings. The maximum atomic E-state index is 12.6. The van der Waals surface area contributed by atoms with Gasteiger partial charge in [0.25, 0.3) is 5.91 Å². The zero-order valence-corrected chi connectivity index (χ0v) is 19.7. The number of carbonyl (C=O) groups excluding carboxylic acids is 1. The zero-order valence-electron chi connectivity index (χ0n) is 19.7. The van der Waals surface area contributed by atoms with Crippen LogP contribution in [0.15, 0.2) is 73.6 Å². The minimum atomic E-state index is -0.102. The van der Waals surface area contributed by atoms with Crippen molar-refractivity contribution in [3.63, 3.8) is 0 Å². The van der Waals surface area contributed by atoms with E-state index in [1.165, 1.54) is 12.7 Å². The highest BCUT2D eigenvalue weighted by atomic mass is 16.5. The summed E-state index contributed by atoms with van der Waals surface area (Å²) in [6.45, 7) is 8.42. The number of anilines is 3. The van der Waals surface area contributed by atoms with Gasteiger partial charge in [0.05, 0.1) is 11.7 Å². The second-order valence-corrected chi connectivity index (χ2v) is 8.76. The summed E-state index contributed by atoms with van der Waals surface area (Å²) in [5, 5.41) is 8.23. The van der Waals surface area contributed by atoms with Gasteiger partial charge in [0.15, 0.2) is 5.65 Å². The number of ether oxygens (including phenoxy) is 1. The van der Waals surface area contributed by atoms with E-state index in [1.807, 2.05) is 50.2 Å². The Morgan fingerprint density at radius 2 is 1.97 bits per heavy atom. The van der Waals surface area contributed by atoms with E-state index in [0.717, 1.165) is 22.4 Å². The molecule has 5 heterocycles. The molecule has 178 valence electrons. The molecule has 1 atom stereocenters. The van der Waals surface area contributed by atoms with Crippen LogP contribution in [0.4, 0.5) is 17.3 Å². The standard InChI is InChI=1S/C26H22N8O2/c1-15-8-18(4-5-22(15)36-19-6-7-34-24(9-19)29-14-31-34)32-25-20-10-23(27-11-21(20)28-13-30-25)33-12-16(2)17(3)26(33)35/h4-11,13-14,16H,3,12H2,1-2H3,(H,28,30,32)/t16-/m0/s1. The summed E-state index contributed by atoms with van der Waals surface area (Å²) in [4.78, 5) is 31.7. The number of benzene rings is 1. The predicted octanol–water partition coefficient (Wildman–Crippen LogP) is 4.45. The lowest BCUT2D eigenvalue weighted by Gasteiger charge is -2.16. The van der Waals surface area contributed by atoms with Crippen molar-refractivity contribution in [2.75, 3.05) is 16.8 Å². The molecule has 0 bridgehead atoms. The first kappa shape index (κ1) is 21.7. The molecule has 36 heavy (non-hydrogen) atoms. The van der Waals surface area contributed by atoms with Crippen LogP contribution < -0.4 is 15.0 Å². The number of pyridine rings is 2. The van der Waals surface area contributed by atoms with Crippen molar-refractivity contribution in [2.24, 2.45) is 5.92 Å². The average molecular weight is 479 g/mol. The van der Waals surface area contributed by atoms with Crippen LogP contribution in [0.25, 0.3) is 16.6 Å². The van der Waals surface area contributed by atoms with E-state index < -0.39 is 0 Å². The molecular formula is C26H22N8O2. The number of rotatable bonds is 5. The molecule has 6 rings (SSSR count). The lowest BCUT2D eigenvalue weighted by Crippen LogP contribution is -2.25. The Morgan fingerprint density at radius 1 is 1.08 bits per heavy atom. The number of aromatic nitrogens is 6. The molecule has 0 spiro atoms. The Labute approximate surface area is 206 Å². The smallest absolute Gasteiger partial charge is 0.255 e. The summed E-state index contributed by atoms with van der Waals surface area (Å²) in [6.07, 6.45) is 6.45. The van der Waals surface area contributed by atoms with Gasteiger partial charge in [-0.05, 0) is 42.8 Å². The van der Waals surface area contributed by atoms with Crippen molar-refractivity contribution in [1.82, 2.24) is 29.5 Å². The van der Waals surface area contributed by atoms with Crippen molar-refractivity contribution >= 4 is 39.8 Å². The van der Waals surface area contributed by atoms with Crippen LogP contribution in [0.3, 0.4) is 0 Å². The Morgan fingerprint density at radius 3 is 2.78 bits per heavy atom. The number of carbonyl (C=O) groups is 1. The van der Waals surface area contributed by atoms with Crippen molar-refractivity contribution in [3.05, 3.63) is 79.2 Å². The third kappa shape index (κ3) is 3.78. The SMILES string of the molecule is C=C1C(=O)N(c2cc3c(Nc4ccc(Oc5ccn6ncnc6c5)c(C)c4)ncnc3cn2)C[C@@H]1C. The number of amides is 1. The minimum absolute atomic E-state index is 0.0848. The lowest BCUT2D eigenvalue weighted by atomic mass is 10.1. The van der Waals surface area contributed by atoms with E-state index in [-0.39, 0.29) is 11.8 Å². The van der Waals surface area contributed by atoms with E-state index >= 15 is 0 Å². The van der Waals surface area contributed by atoms with Crippen molar-refractivity contribution in [2.45, 2.75) is 13.8 Å². The molecule has 1 fully saturated rings. The van der Waals surface area contributed by atoms with Gasteiger partial charge in [-0.3, -0.25) is 9.69 Å². The second kappa shape index (κ2) is 8.42. The summed E-state index contributed by atoms with van der Waals surface area (Å²) in [5.74, 6) is 2.56. The van der Waals surface area contributed by atoms with Crippen molar-refractivity contribution in [1.29, 1.82) is 0 Å². The van der Waals surface area contributed by atoms with E-state index in [1.54, 1.807) is 21.8 Å². The van der Waals surface area contributed by atoms with E-state index in [2.05, 4.69) is 36.9 Å². The highest BCUT2D eigenvalue weighted by Gasteiger charge is 2.32. The molecule has 1 aliphatic rings. The predicted molar refractivity (Wildman–Crippen MR) is 136 cm³/mol. The topological polar surface area (TPSA) is 110 Å². The molecule has 1 aromatic carbocycles. The van der Waals surface area contributed by atoms with E-state index in [4.69, 9.17) is 4.74 Å². The zero-order chi connectivity index (χ0) is 24.8. The molecule has 0 aliphatic carbocycles. The molecular weight excluding hydrogens is 456 g/mol. The summed E-state index contributed by atoms with van der Waals surface area (Å²) in [5.41, 5.74) is 3.76. The second-order valence-electron chi connectivity index (χ2n) is 8.76. The molecule has 1 saturated heterocycles. The quantitative estimate of drug-likeness (QED) is 0.369. The largest absolute Gasteiger partial charge is 0.457 e. The molecule has 10 nitrogen and oxygen atoms in total. The molecule has 0 unspecified atom stereocenters. The van der Waals surface area contributed by atoms with E-state index in [9.17, 15) is 4.79 Å². The van der Waals surface area contributed by atoms with Gasteiger partial charge < -0.3 is 10.1 Å². The number of fused-ring (bicyclic) bond motifs is 2. The third-order valence-corrected chi connectivity index (χ3v) is 6.27. The summed E-state index contributed by atoms with van der Waals surface area (Å²) >= 11 is 0. The number of hydrogen-bond acceptors (Lipinski definition) is 8. The summed E-state index contributed by atoms with van der Waals surface area (Å²) in [6, 6.07) is 11.3. The third-order valence-electron chi connectivity index (χ3n) is 6.27. The van der Waals surface area contributed by atoms with Crippen LogP contribution in [-0.2, 0) is 4.79 Å². The Kier molecular flexibility index (Phi) is 5.06. The average Bonchev–Trinajstić information content (AvgIpc) is 3.45.